The van der Waals surface area contributed by atoms with E-state index in [1.54, 1.807) is 6.08 Å². The van der Waals surface area contributed by atoms with Crippen molar-refractivity contribution in [3.63, 3.8) is 0 Å². The van der Waals surface area contributed by atoms with Crippen LogP contribution in [0.1, 0.15) is 43.4 Å². The van der Waals surface area contributed by atoms with E-state index in [1.165, 1.54) is 22.5 Å². The van der Waals surface area contributed by atoms with Gasteiger partial charge < -0.3 is 0 Å². The highest BCUT2D eigenvalue weighted by atomic mass is 32.1. The Balaban J connectivity index is 1.61. The highest BCUT2D eigenvalue weighted by Crippen LogP contribution is 2.25. The molecule has 138 valence electrons. The lowest BCUT2D eigenvalue weighted by molar-refractivity contribution is -0.111. The van der Waals surface area contributed by atoms with Crippen molar-refractivity contribution in [3.8, 4) is 11.3 Å². The van der Waals surface area contributed by atoms with Gasteiger partial charge in [-0.05, 0) is 35.1 Å². The van der Waals surface area contributed by atoms with E-state index in [2.05, 4.69) is 67.5 Å². The zero-order chi connectivity index (χ0) is 19.2. The molecule has 0 saturated heterocycles. The van der Waals surface area contributed by atoms with Crippen LogP contribution in [0.4, 0.5) is 5.13 Å². The van der Waals surface area contributed by atoms with Crippen LogP contribution in [-0.4, -0.2) is 10.9 Å². The average Bonchev–Trinajstić information content (AvgIpc) is 3.15. The summed E-state index contributed by atoms with van der Waals surface area (Å²) >= 11 is 1.43. The molecular weight excluding hydrogens is 352 g/mol. The number of hydrogen-bond acceptors (Lipinski definition) is 3. The first-order valence-electron chi connectivity index (χ1n) is 9.19. The third-order valence-corrected chi connectivity index (χ3v) is 5.18. The van der Waals surface area contributed by atoms with E-state index in [0.717, 1.165) is 23.2 Å². The number of benzene rings is 2. The monoisotopic (exact) mass is 376 g/mol. The Morgan fingerprint density at radius 1 is 1.11 bits per heavy atom. The molecule has 3 aromatic rings. The summed E-state index contributed by atoms with van der Waals surface area (Å²) in [4.78, 5) is 16.7. The van der Waals surface area contributed by atoms with Crippen LogP contribution in [0.15, 0.2) is 60.0 Å². The lowest BCUT2D eigenvalue weighted by Gasteiger charge is -2.04. The normalized spacial score (nSPS) is 11.3. The number of aryl methyl sites for hydroxylation is 1. The molecule has 1 heterocycles. The highest BCUT2D eigenvalue weighted by Gasteiger charge is 2.06. The Morgan fingerprint density at radius 3 is 2.44 bits per heavy atom. The molecule has 3 rings (SSSR count). The average molecular weight is 377 g/mol. The first-order chi connectivity index (χ1) is 13.0. The van der Waals surface area contributed by atoms with Crippen LogP contribution in [0, 0.1) is 0 Å². The molecule has 0 saturated carbocycles. The van der Waals surface area contributed by atoms with Gasteiger partial charge in [0.2, 0.25) is 5.91 Å². The first-order valence-corrected chi connectivity index (χ1v) is 10.1. The van der Waals surface area contributed by atoms with Crippen LogP contribution in [0.3, 0.4) is 0 Å². The first kappa shape index (κ1) is 19.1. The van der Waals surface area contributed by atoms with E-state index >= 15 is 0 Å². The number of amides is 1. The number of carbonyl (C=O) groups excluding carboxylic acids is 1. The Bertz CT molecular complexity index is 922. The Labute approximate surface area is 164 Å². The van der Waals surface area contributed by atoms with Gasteiger partial charge in [0.25, 0.3) is 0 Å². The van der Waals surface area contributed by atoms with Crippen molar-refractivity contribution in [2.75, 3.05) is 5.32 Å². The highest BCUT2D eigenvalue weighted by molar-refractivity contribution is 7.14. The largest absolute Gasteiger partial charge is 0.298 e. The number of hydrogen-bond donors (Lipinski definition) is 1. The molecule has 27 heavy (non-hydrogen) atoms. The molecule has 0 aliphatic carbocycles. The maximum absolute atomic E-state index is 12.2. The number of nitrogens with one attached hydrogen (secondary N) is 1. The van der Waals surface area contributed by atoms with Crippen molar-refractivity contribution in [1.29, 1.82) is 0 Å². The number of anilines is 1. The Morgan fingerprint density at radius 2 is 1.81 bits per heavy atom. The minimum absolute atomic E-state index is 0.176. The van der Waals surface area contributed by atoms with Crippen molar-refractivity contribution in [2.24, 2.45) is 0 Å². The summed E-state index contributed by atoms with van der Waals surface area (Å²) in [5, 5.41) is 5.41. The molecule has 1 N–H and O–H groups in total. The summed E-state index contributed by atoms with van der Waals surface area (Å²) in [5.74, 6) is 0.328. The Hall–Kier alpha value is -2.72. The molecule has 0 aliphatic rings. The van der Waals surface area contributed by atoms with Crippen molar-refractivity contribution in [2.45, 2.75) is 33.1 Å². The van der Waals surface area contributed by atoms with E-state index in [-0.39, 0.29) is 5.91 Å². The van der Waals surface area contributed by atoms with Gasteiger partial charge in [-0.25, -0.2) is 4.98 Å². The maximum Gasteiger partial charge on any atom is 0.250 e. The van der Waals surface area contributed by atoms with Gasteiger partial charge in [-0.15, -0.1) is 11.3 Å². The molecule has 1 aromatic heterocycles. The zero-order valence-corrected chi connectivity index (χ0v) is 16.7. The third kappa shape index (κ3) is 5.14. The smallest absolute Gasteiger partial charge is 0.250 e. The van der Waals surface area contributed by atoms with Crippen LogP contribution >= 0.6 is 11.3 Å². The lowest BCUT2D eigenvalue weighted by atomic mass is 10.0. The van der Waals surface area contributed by atoms with Crippen LogP contribution in [0.2, 0.25) is 0 Å². The van der Waals surface area contributed by atoms with E-state index in [0.29, 0.717) is 11.0 Å². The fourth-order valence-electron chi connectivity index (χ4n) is 2.69. The van der Waals surface area contributed by atoms with Gasteiger partial charge in [0.15, 0.2) is 5.13 Å². The summed E-state index contributed by atoms with van der Waals surface area (Å²) in [6.07, 6.45) is 4.38. The number of thiazole rings is 1. The van der Waals surface area contributed by atoms with Crippen molar-refractivity contribution < 1.29 is 4.79 Å². The standard InChI is InChI=1S/C23H24N2OS/c1-4-17-5-12-20(13-6-17)21-15-27-23(24-21)25-22(26)14-9-18-7-10-19(11-8-18)16(2)3/h5-16H,4H2,1-3H3,(H,24,25,26). The van der Waals surface area contributed by atoms with E-state index < -0.39 is 0 Å². The van der Waals surface area contributed by atoms with Crippen LogP contribution < -0.4 is 5.32 Å². The van der Waals surface area contributed by atoms with Crippen LogP contribution in [-0.2, 0) is 11.2 Å². The fraction of sp³-hybridized carbons (Fsp3) is 0.217. The van der Waals surface area contributed by atoms with Crippen LogP contribution in [0.25, 0.3) is 17.3 Å². The second kappa shape index (κ2) is 8.78. The number of nitrogens with zero attached hydrogens (tertiary/aromatic N) is 1. The molecule has 0 spiro atoms. The predicted molar refractivity (Wildman–Crippen MR) is 115 cm³/mol. The summed E-state index contributed by atoms with van der Waals surface area (Å²) in [7, 11) is 0. The van der Waals surface area contributed by atoms with Gasteiger partial charge in [0, 0.05) is 17.0 Å². The molecule has 0 unspecified atom stereocenters. The minimum atomic E-state index is -0.176. The Kier molecular flexibility index (Phi) is 6.20. The number of aromatic nitrogens is 1. The third-order valence-electron chi connectivity index (χ3n) is 4.42. The molecule has 0 fully saturated rings. The second-order valence-corrected chi connectivity index (χ2v) is 7.59. The second-order valence-electron chi connectivity index (χ2n) is 6.73. The molecular formula is C23H24N2OS. The molecule has 3 nitrogen and oxygen atoms in total. The van der Waals surface area contributed by atoms with Crippen molar-refractivity contribution >= 4 is 28.5 Å². The molecule has 2 aromatic carbocycles. The summed E-state index contributed by atoms with van der Waals surface area (Å²) in [6.45, 7) is 6.47. The lowest BCUT2D eigenvalue weighted by Crippen LogP contribution is -2.07. The predicted octanol–water partition coefficient (Wildman–Crippen LogP) is 6.15. The molecule has 0 aliphatic heterocycles. The van der Waals surface area contributed by atoms with Crippen molar-refractivity contribution in [3.05, 3.63) is 76.7 Å². The van der Waals surface area contributed by atoms with Gasteiger partial charge in [-0.1, -0.05) is 69.3 Å². The quantitative estimate of drug-likeness (QED) is 0.524. The molecule has 0 bridgehead atoms. The van der Waals surface area contributed by atoms with Crippen molar-refractivity contribution in [1.82, 2.24) is 4.98 Å². The summed E-state index contributed by atoms with van der Waals surface area (Å²) in [5.41, 5.74) is 5.54. The summed E-state index contributed by atoms with van der Waals surface area (Å²) in [6, 6.07) is 16.6. The van der Waals surface area contributed by atoms with Gasteiger partial charge in [-0.2, -0.15) is 0 Å². The van der Waals surface area contributed by atoms with Gasteiger partial charge >= 0.3 is 0 Å². The van der Waals surface area contributed by atoms with E-state index in [9.17, 15) is 4.79 Å². The SMILES string of the molecule is CCc1ccc(-c2csc(NC(=O)C=Cc3ccc(C(C)C)cc3)n2)cc1. The topological polar surface area (TPSA) is 42.0 Å². The zero-order valence-electron chi connectivity index (χ0n) is 15.9. The van der Waals surface area contributed by atoms with Gasteiger partial charge in [-0.3, -0.25) is 10.1 Å². The van der Waals surface area contributed by atoms with Crippen LogP contribution in [0.5, 0.6) is 0 Å². The van der Waals surface area contributed by atoms with Gasteiger partial charge in [0.1, 0.15) is 0 Å². The van der Waals surface area contributed by atoms with Gasteiger partial charge in [0.05, 0.1) is 5.69 Å². The maximum atomic E-state index is 12.2. The fourth-order valence-corrected chi connectivity index (χ4v) is 3.41. The number of rotatable bonds is 6. The van der Waals surface area contributed by atoms with E-state index in [1.807, 2.05) is 23.6 Å². The molecule has 4 heteroatoms. The number of carbonyl (C=O) groups is 1. The molecule has 0 atom stereocenters. The summed E-state index contributed by atoms with van der Waals surface area (Å²) < 4.78 is 0. The minimum Gasteiger partial charge on any atom is -0.298 e. The molecule has 0 radical (unpaired) electrons. The molecule has 1 amide bonds. The van der Waals surface area contributed by atoms with E-state index in [4.69, 9.17) is 0 Å².